The second kappa shape index (κ2) is 8.55. The van der Waals surface area contributed by atoms with Crippen LogP contribution in [0.1, 0.15) is 24.2 Å². The van der Waals surface area contributed by atoms with Crippen LogP contribution in [-0.2, 0) is 14.4 Å². The van der Waals surface area contributed by atoms with Crippen LogP contribution in [0.4, 0.5) is 0 Å². The minimum atomic E-state index is -0.581. The standard InChI is InChI=1S/C15H20N2O4S/c1-11(14(19)17(16(3)4)21-12(2)18)10-22-15(20)13-8-6-5-7-9-13/h5-9,11H,10H2,1-4H3. The number of carbonyl (C=O) groups excluding carboxylic acids is 3. The van der Waals surface area contributed by atoms with Crippen LogP contribution in [-0.4, -0.2) is 47.0 Å². The summed E-state index contributed by atoms with van der Waals surface area (Å²) < 4.78 is 0. The van der Waals surface area contributed by atoms with E-state index in [-0.39, 0.29) is 11.0 Å². The van der Waals surface area contributed by atoms with Gasteiger partial charge in [-0.15, -0.1) is 0 Å². The van der Waals surface area contributed by atoms with Gasteiger partial charge in [0.05, 0.1) is 0 Å². The number of benzene rings is 1. The van der Waals surface area contributed by atoms with E-state index < -0.39 is 11.9 Å². The Morgan fingerprint density at radius 1 is 1.18 bits per heavy atom. The lowest BCUT2D eigenvalue weighted by molar-refractivity contribution is -0.247. The highest BCUT2D eigenvalue weighted by Gasteiger charge is 2.26. The topological polar surface area (TPSA) is 66.9 Å². The molecule has 1 rings (SSSR count). The minimum Gasteiger partial charge on any atom is -0.322 e. The van der Waals surface area contributed by atoms with Gasteiger partial charge in [-0.2, -0.15) is 5.01 Å². The molecule has 0 saturated heterocycles. The first-order valence-corrected chi connectivity index (χ1v) is 7.73. The van der Waals surface area contributed by atoms with E-state index in [9.17, 15) is 14.4 Å². The molecule has 22 heavy (non-hydrogen) atoms. The molecule has 0 aliphatic rings. The number of amides is 1. The van der Waals surface area contributed by atoms with E-state index in [0.717, 1.165) is 16.9 Å². The number of nitrogens with zero attached hydrogens (tertiary/aromatic N) is 2. The monoisotopic (exact) mass is 324 g/mol. The van der Waals surface area contributed by atoms with E-state index in [4.69, 9.17) is 4.84 Å². The fourth-order valence-corrected chi connectivity index (χ4v) is 2.41. The Hall–Kier alpha value is -1.86. The highest BCUT2D eigenvalue weighted by molar-refractivity contribution is 8.14. The van der Waals surface area contributed by atoms with E-state index in [1.54, 1.807) is 45.3 Å². The third-order valence-corrected chi connectivity index (χ3v) is 3.83. The Labute approximate surface area is 134 Å². The first-order valence-electron chi connectivity index (χ1n) is 6.74. The predicted octanol–water partition coefficient (Wildman–Crippen LogP) is 1.98. The molecule has 0 radical (unpaired) electrons. The summed E-state index contributed by atoms with van der Waals surface area (Å²) in [5.41, 5.74) is 0.594. The fourth-order valence-electron chi connectivity index (χ4n) is 1.56. The largest absolute Gasteiger partial charge is 0.331 e. The molecule has 1 aromatic rings. The zero-order valence-corrected chi connectivity index (χ0v) is 13.9. The van der Waals surface area contributed by atoms with Gasteiger partial charge in [-0.05, 0) is 0 Å². The second-order valence-corrected chi connectivity index (χ2v) is 5.90. The molecule has 1 aromatic carbocycles. The molecule has 0 aromatic heterocycles. The van der Waals surface area contributed by atoms with Crippen molar-refractivity contribution < 1.29 is 19.2 Å². The lowest BCUT2D eigenvalue weighted by atomic mass is 10.2. The van der Waals surface area contributed by atoms with Crippen LogP contribution in [0.15, 0.2) is 30.3 Å². The van der Waals surface area contributed by atoms with Crippen molar-refractivity contribution in [2.45, 2.75) is 13.8 Å². The molecule has 1 atom stereocenters. The Kier molecular flexibility index (Phi) is 7.07. The molecule has 0 fully saturated rings. The number of hydrogen-bond acceptors (Lipinski definition) is 6. The van der Waals surface area contributed by atoms with Gasteiger partial charge in [-0.25, -0.2) is 4.79 Å². The van der Waals surface area contributed by atoms with Crippen molar-refractivity contribution in [2.24, 2.45) is 5.92 Å². The number of thioether (sulfide) groups is 1. The molecule has 0 spiro atoms. The third-order valence-electron chi connectivity index (χ3n) is 2.66. The molecule has 7 heteroatoms. The Balaban J connectivity index is 2.59. The average Bonchev–Trinajstić information content (AvgIpc) is 2.49. The summed E-state index contributed by atoms with van der Waals surface area (Å²) in [7, 11) is 3.19. The molecule has 0 heterocycles. The second-order valence-electron chi connectivity index (χ2n) is 4.91. The number of hydrazine groups is 1. The van der Waals surface area contributed by atoms with Crippen LogP contribution in [0.25, 0.3) is 0 Å². The number of carbonyl (C=O) groups is 3. The summed E-state index contributed by atoms with van der Waals surface area (Å²) in [5, 5.41) is 2.19. The van der Waals surface area contributed by atoms with Crippen molar-refractivity contribution >= 4 is 28.8 Å². The zero-order valence-electron chi connectivity index (χ0n) is 13.1. The van der Waals surface area contributed by atoms with Crippen molar-refractivity contribution in [1.29, 1.82) is 0 Å². The summed E-state index contributed by atoms with van der Waals surface area (Å²) in [4.78, 5) is 40.1. The fraction of sp³-hybridized carbons (Fsp3) is 0.400. The molecule has 0 aliphatic carbocycles. The number of rotatable bonds is 5. The highest BCUT2D eigenvalue weighted by atomic mass is 32.2. The molecule has 120 valence electrons. The van der Waals surface area contributed by atoms with Gasteiger partial charge in [-0.3, -0.25) is 9.59 Å². The van der Waals surface area contributed by atoms with Gasteiger partial charge in [0.25, 0.3) is 5.91 Å². The molecule has 0 bridgehead atoms. The van der Waals surface area contributed by atoms with E-state index in [2.05, 4.69) is 0 Å². The zero-order chi connectivity index (χ0) is 16.7. The first-order chi connectivity index (χ1) is 10.3. The van der Waals surface area contributed by atoms with Gasteiger partial charge in [-0.1, -0.05) is 54.2 Å². The molecule has 6 nitrogen and oxygen atoms in total. The minimum absolute atomic E-state index is 0.0934. The molecule has 1 amide bonds. The van der Waals surface area contributed by atoms with Crippen LogP contribution in [0, 0.1) is 5.92 Å². The summed E-state index contributed by atoms with van der Waals surface area (Å²) in [6, 6.07) is 8.87. The predicted molar refractivity (Wildman–Crippen MR) is 84.7 cm³/mol. The summed E-state index contributed by atoms with van der Waals surface area (Å²) in [6.07, 6.45) is 0. The smallest absolute Gasteiger partial charge is 0.322 e. The summed E-state index contributed by atoms with van der Waals surface area (Å²) >= 11 is 1.07. The van der Waals surface area contributed by atoms with Crippen LogP contribution < -0.4 is 0 Å². The van der Waals surface area contributed by atoms with Crippen molar-refractivity contribution in [3.8, 4) is 0 Å². The van der Waals surface area contributed by atoms with E-state index >= 15 is 0 Å². The van der Waals surface area contributed by atoms with E-state index in [1.807, 2.05) is 6.07 Å². The highest BCUT2D eigenvalue weighted by Crippen LogP contribution is 2.17. The normalized spacial score (nSPS) is 11.9. The van der Waals surface area contributed by atoms with Crippen molar-refractivity contribution in [3.05, 3.63) is 35.9 Å². The molecule has 1 unspecified atom stereocenters. The molecular weight excluding hydrogens is 304 g/mol. The van der Waals surface area contributed by atoms with E-state index in [0.29, 0.717) is 11.3 Å². The van der Waals surface area contributed by atoms with Crippen molar-refractivity contribution in [1.82, 2.24) is 10.2 Å². The van der Waals surface area contributed by atoms with E-state index in [1.165, 1.54) is 11.9 Å². The Bertz CT molecular complexity index is 534. The maximum Gasteiger partial charge on any atom is 0.331 e. The lowest BCUT2D eigenvalue weighted by Crippen LogP contribution is -2.45. The Morgan fingerprint density at radius 2 is 1.77 bits per heavy atom. The first kappa shape index (κ1) is 18.2. The number of hydroxylamine groups is 1. The molecular formula is C15H20N2O4S. The van der Waals surface area contributed by atoms with Gasteiger partial charge in [0.2, 0.25) is 5.12 Å². The summed E-state index contributed by atoms with van der Waals surface area (Å²) in [6.45, 7) is 2.91. The molecule has 0 N–H and O–H groups in total. The van der Waals surface area contributed by atoms with Gasteiger partial charge < -0.3 is 4.84 Å². The van der Waals surface area contributed by atoms with Crippen LogP contribution >= 0.6 is 11.8 Å². The molecule has 0 saturated carbocycles. The third kappa shape index (κ3) is 5.50. The lowest BCUT2D eigenvalue weighted by Gasteiger charge is -2.28. The van der Waals surface area contributed by atoms with Crippen molar-refractivity contribution in [2.75, 3.05) is 19.8 Å². The van der Waals surface area contributed by atoms with Gasteiger partial charge in [0.1, 0.15) is 0 Å². The van der Waals surface area contributed by atoms with Gasteiger partial charge in [0.15, 0.2) is 0 Å². The SMILES string of the molecule is CC(=O)ON(C(=O)C(C)CSC(=O)c1ccccc1)N(C)C. The van der Waals surface area contributed by atoms with Crippen LogP contribution in [0.5, 0.6) is 0 Å². The number of hydrogen-bond donors (Lipinski definition) is 0. The van der Waals surface area contributed by atoms with Gasteiger partial charge in [0, 0.05) is 38.3 Å². The Morgan fingerprint density at radius 3 is 2.27 bits per heavy atom. The molecule has 0 aliphatic heterocycles. The van der Waals surface area contributed by atoms with Crippen molar-refractivity contribution in [3.63, 3.8) is 0 Å². The van der Waals surface area contributed by atoms with Gasteiger partial charge >= 0.3 is 5.97 Å². The maximum absolute atomic E-state index is 12.3. The summed E-state index contributed by atoms with van der Waals surface area (Å²) in [5.74, 6) is -1.13. The average molecular weight is 324 g/mol. The maximum atomic E-state index is 12.3. The van der Waals surface area contributed by atoms with Crippen LogP contribution in [0.3, 0.4) is 0 Å². The van der Waals surface area contributed by atoms with Crippen LogP contribution in [0.2, 0.25) is 0 Å². The quantitative estimate of drug-likeness (QED) is 0.772.